The number of hydrogen-bond donors (Lipinski definition) is 0. The Labute approximate surface area is 104 Å². The fraction of sp³-hybridized carbons (Fsp3) is 0.364. The molecule has 0 fully saturated rings. The summed E-state index contributed by atoms with van der Waals surface area (Å²) < 4.78 is 3.33. The van der Waals surface area contributed by atoms with E-state index in [1.165, 1.54) is 6.20 Å². The second kappa shape index (κ2) is 4.33. The first kappa shape index (κ1) is 11.9. The van der Waals surface area contributed by atoms with E-state index in [0.717, 1.165) is 0 Å². The van der Waals surface area contributed by atoms with E-state index in [4.69, 9.17) is 11.6 Å². The van der Waals surface area contributed by atoms with Gasteiger partial charge >= 0.3 is 0 Å². The first-order chi connectivity index (χ1) is 8.00. The van der Waals surface area contributed by atoms with E-state index >= 15 is 0 Å². The van der Waals surface area contributed by atoms with Gasteiger partial charge in [-0.2, -0.15) is 5.10 Å². The van der Waals surface area contributed by atoms with Crippen molar-refractivity contribution < 1.29 is 4.79 Å². The van der Waals surface area contributed by atoms with Crippen molar-refractivity contribution in [1.29, 1.82) is 0 Å². The van der Waals surface area contributed by atoms with Gasteiger partial charge in [-0.1, -0.05) is 11.6 Å². The minimum Gasteiger partial charge on any atom is -0.340 e. The SMILES string of the molecule is CC(C)n1ncc(Cl)c1C(=O)c1cn(C)cn1. The molecule has 0 amide bonds. The van der Waals surface area contributed by atoms with E-state index in [9.17, 15) is 4.79 Å². The largest absolute Gasteiger partial charge is 0.340 e. The highest BCUT2D eigenvalue weighted by Gasteiger charge is 2.22. The van der Waals surface area contributed by atoms with Gasteiger partial charge in [-0.3, -0.25) is 9.48 Å². The number of imidazole rings is 1. The van der Waals surface area contributed by atoms with Crippen LogP contribution in [0.2, 0.25) is 5.02 Å². The van der Waals surface area contributed by atoms with E-state index in [1.807, 2.05) is 20.9 Å². The van der Waals surface area contributed by atoms with Crippen LogP contribution in [-0.4, -0.2) is 25.1 Å². The highest BCUT2D eigenvalue weighted by molar-refractivity contribution is 6.34. The van der Waals surface area contributed by atoms with Crippen LogP contribution in [0.25, 0.3) is 0 Å². The molecule has 0 N–H and O–H groups in total. The van der Waals surface area contributed by atoms with Crippen LogP contribution in [0.15, 0.2) is 18.7 Å². The number of halogens is 1. The molecule has 0 bridgehead atoms. The monoisotopic (exact) mass is 252 g/mol. The van der Waals surface area contributed by atoms with Gasteiger partial charge in [-0.05, 0) is 13.8 Å². The zero-order valence-electron chi connectivity index (χ0n) is 9.88. The lowest BCUT2D eigenvalue weighted by Crippen LogP contribution is -2.14. The molecular weight excluding hydrogens is 240 g/mol. The van der Waals surface area contributed by atoms with Gasteiger partial charge in [0.05, 0.1) is 17.5 Å². The van der Waals surface area contributed by atoms with Crippen LogP contribution in [0.5, 0.6) is 0 Å². The maximum Gasteiger partial charge on any atom is 0.232 e. The molecule has 2 aromatic heterocycles. The van der Waals surface area contributed by atoms with Gasteiger partial charge in [0.2, 0.25) is 5.78 Å². The summed E-state index contributed by atoms with van der Waals surface area (Å²) in [7, 11) is 1.81. The number of carbonyl (C=O) groups excluding carboxylic acids is 1. The first-order valence-electron chi connectivity index (χ1n) is 5.26. The molecule has 2 rings (SSSR count). The fourth-order valence-corrected chi connectivity index (χ4v) is 1.81. The molecular formula is C11H13ClN4O. The molecule has 0 radical (unpaired) electrons. The number of rotatable bonds is 3. The standard InChI is InChI=1S/C11H13ClN4O/c1-7(2)16-10(8(12)4-14-16)11(17)9-5-15(3)6-13-9/h4-7H,1-3H3. The zero-order valence-corrected chi connectivity index (χ0v) is 10.6. The average Bonchev–Trinajstić information content (AvgIpc) is 2.83. The van der Waals surface area contributed by atoms with Crippen molar-refractivity contribution in [2.45, 2.75) is 19.9 Å². The van der Waals surface area contributed by atoms with Crippen LogP contribution >= 0.6 is 11.6 Å². The summed E-state index contributed by atoms with van der Waals surface area (Å²) in [4.78, 5) is 16.3. The minimum atomic E-state index is -0.207. The Balaban J connectivity index is 2.47. The van der Waals surface area contributed by atoms with Crippen LogP contribution < -0.4 is 0 Å². The summed E-state index contributed by atoms with van der Waals surface area (Å²) in [5, 5.41) is 4.45. The second-order valence-corrected chi connectivity index (χ2v) is 4.54. The quantitative estimate of drug-likeness (QED) is 0.786. The molecule has 0 spiro atoms. The third-order valence-corrected chi connectivity index (χ3v) is 2.67. The molecule has 0 saturated carbocycles. The summed E-state index contributed by atoms with van der Waals surface area (Å²) in [6, 6.07) is 0.0742. The van der Waals surface area contributed by atoms with Gasteiger partial charge < -0.3 is 4.57 Å². The molecule has 17 heavy (non-hydrogen) atoms. The highest BCUT2D eigenvalue weighted by atomic mass is 35.5. The maximum atomic E-state index is 12.2. The number of ketones is 1. The fourth-order valence-electron chi connectivity index (χ4n) is 1.60. The third kappa shape index (κ3) is 2.10. The molecule has 5 nitrogen and oxygen atoms in total. The Morgan fingerprint density at radius 1 is 1.47 bits per heavy atom. The van der Waals surface area contributed by atoms with Crippen LogP contribution in [-0.2, 0) is 7.05 Å². The Bertz CT molecular complexity index is 556. The molecule has 0 atom stereocenters. The van der Waals surface area contributed by atoms with Gasteiger partial charge in [-0.15, -0.1) is 0 Å². The Kier molecular flexibility index (Phi) is 3.02. The lowest BCUT2D eigenvalue weighted by atomic mass is 10.2. The predicted octanol–water partition coefficient (Wildman–Crippen LogP) is 2.08. The van der Waals surface area contributed by atoms with E-state index in [1.54, 1.807) is 21.8 Å². The summed E-state index contributed by atoms with van der Waals surface area (Å²) in [5.74, 6) is -0.207. The first-order valence-corrected chi connectivity index (χ1v) is 5.64. The van der Waals surface area contributed by atoms with Gasteiger partial charge in [0.25, 0.3) is 0 Å². The number of hydrogen-bond acceptors (Lipinski definition) is 3. The van der Waals surface area contributed by atoms with Crippen molar-refractivity contribution in [3.05, 3.63) is 35.1 Å². The smallest absolute Gasteiger partial charge is 0.232 e. The lowest BCUT2D eigenvalue weighted by molar-refractivity contribution is 0.102. The molecule has 0 aliphatic rings. The van der Waals surface area contributed by atoms with Gasteiger partial charge in [0.1, 0.15) is 11.4 Å². The molecule has 90 valence electrons. The second-order valence-electron chi connectivity index (χ2n) is 4.13. The van der Waals surface area contributed by atoms with E-state index in [-0.39, 0.29) is 11.8 Å². The van der Waals surface area contributed by atoms with Gasteiger partial charge in [0, 0.05) is 19.3 Å². The topological polar surface area (TPSA) is 52.7 Å². The van der Waals surface area contributed by atoms with E-state index < -0.39 is 0 Å². The molecule has 0 unspecified atom stereocenters. The third-order valence-electron chi connectivity index (χ3n) is 2.39. The van der Waals surface area contributed by atoms with Crippen LogP contribution in [0.4, 0.5) is 0 Å². The van der Waals surface area contributed by atoms with Gasteiger partial charge in [-0.25, -0.2) is 4.98 Å². The van der Waals surface area contributed by atoms with E-state index in [0.29, 0.717) is 16.4 Å². The van der Waals surface area contributed by atoms with Crippen LogP contribution in [0.1, 0.15) is 36.1 Å². The molecule has 0 aromatic carbocycles. The molecule has 0 aliphatic heterocycles. The number of nitrogens with zero attached hydrogens (tertiary/aromatic N) is 4. The van der Waals surface area contributed by atoms with Crippen molar-refractivity contribution in [1.82, 2.24) is 19.3 Å². The average molecular weight is 253 g/mol. The number of aromatic nitrogens is 4. The van der Waals surface area contributed by atoms with Gasteiger partial charge in [0.15, 0.2) is 0 Å². The number of carbonyl (C=O) groups is 1. The predicted molar refractivity (Wildman–Crippen MR) is 64.3 cm³/mol. The summed E-state index contributed by atoms with van der Waals surface area (Å²) >= 11 is 6.00. The maximum absolute atomic E-state index is 12.2. The van der Waals surface area contributed by atoms with Crippen molar-refractivity contribution in [2.75, 3.05) is 0 Å². The highest BCUT2D eigenvalue weighted by Crippen LogP contribution is 2.21. The molecule has 2 heterocycles. The number of aryl methyl sites for hydroxylation is 1. The van der Waals surface area contributed by atoms with Crippen LogP contribution in [0.3, 0.4) is 0 Å². The summed E-state index contributed by atoms with van der Waals surface area (Å²) in [6.07, 6.45) is 4.73. The van der Waals surface area contributed by atoms with E-state index in [2.05, 4.69) is 10.1 Å². The Morgan fingerprint density at radius 3 is 2.71 bits per heavy atom. The Hall–Kier alpha value is -1.62. The molecule has 0 aliphatic carbocycles. The van der Waals surface area contributed by atoms with Crippen molar-refractivity contribution in [3.8, 4) is 0 Å². The molecule has 0 saturated heterocycles. The van der Waals surface area contributed by atoms with Crippen molar-refractivity contribution in [3.63, 3.8) is 0 Å². The van der Waals surface area contributed by atoms with Crippen molar-refractivity contribution >= 4 is 17.4 Å². The van der Waals surface area contributed by atoms with Crippen molar-refractivity contribution in [2.24, 2.45) is 7.05 Å². The summed E-state index contributed by atoms with van der Waals surface area (Å²) in [5.41, 5.74) is 0.761. The molecule has 2 aromatic rings. The summed E-state index contributed by atoms with van der Waals surface area (Å²) in [6.45, 7) is 3.89. The molecule has 6 heteroatoms. The lowest BCUT2D eigenvalue weighted by Gasteiger charge is -2.09. The minimum absolute atomic E-state index is 0.0742. The zero-order chi connectivity index (χ0) is 12.6. The van der Waals surface area contributed by atoms with Crippen LogP contribution in [0, 0.1) is 0 Å². The Morgan fingerprint density at radius 2 is 2.18 bits per heavy atom. The normalized spacial score (nSPS) is 11.1.